The second kappa shape index (κ2) is 13.4. The maximum absolute atomic E-state index is 11.6. The van der Waals surface area contributed by atoms with E-state index in [9.17, 15) is 4.79 Å². The van der Waals surface area contributed by atoms with Crippen LogP contribution in [0.25, 0.3) is 0 Å². The van der Waals surface area contributed by atoms with Crippen LogP contribution in [0.4, 0.5) is 0 Å². The van der Waals surface area contributed by atoms with Gasteiger partial charge in [0.15, 0.2) is 0 Å². The molecule has 4 heteroatoms. The lowest BCUT2D eigenvalue weighted by atomic mass is 10.1. The van der Waals surface area contributed by atoms with Gasteiger partial charge in [0.2, 0.25) is 0 Å². The standard InChI is InChI=1S/C27H36O4/c1-2-3-6-15-25(29-19-22-11-7-4-8-12-22)21-31-27-24(18-28)16-17-26(27)30-20-23-13-9-5-10-14-23/h4-5,7-14,18,24-27H,2-3,6,15-17,19-21H2,1H3/t24-,25+,26-,27-/m1/s1. The fourth-order valence-corrected chi connectivity index (χ4v) is 4.14. The van der Waals surface area contributed by atoms with Crippen LogP contribution in [0, 0.1) is 5.92 Å². The first-order valence-electron chi connectivity index (χ1n) is 11.7. The van der Waals surface area contributed by atoms with E-state index in [1.807, 2.05) is 36.4 Å². The minimum absolute atomic E-state index is 0.0226. The van der Waals surface area contributed by atoms with Crippen LogP contribution in [0.3, 0.4) is 0 Å². The highest BCUT2D eigenvalue weighted by Crippen LogP contribution is 2.31. The summed E-state index contributed by atoms with van der Waals surface area (Å²) in [5.41, 5.74) is 2.30. The van der Waals surface area contributed by atoms with E-state index in [0.29, 0.717) is 19.8 Å². The van der Waals surface area contributed by atoms with Crippen molar-refractivity contribution in [2.24, 2.45) is 5.92 Å². The molecule has 0 heterocycles. The summed E-state index contributed by atoms with van der Waals surface area (Å²) in [7, 11) is 0. The summed E-state index contributed by atoms with van der Waals surface area (Å²) in [6.45, 7) is 3.83. The third kappa shape index (κ3) is 7.88. The Balaban J connectivity index is 1.54. The van der Waals surface area contributed by atoms with Crippen LogP contribution < -0.4 is 0 Å². The molecule has 0 aromatic heterocycles. The lowest BCUT2D eigenvalue weighted by Crippen LogP contribution is -2.35. The van der Waals surface area contributed by atoms with Crippen LogP contribution in [0.15, 0.2) is 60.7 Å². The third-order valence-electron chi connectivity index (χ3n) is 5.99. The molecule has 1 aliphatic rings. The van der Waals surface area contributed by atoms with E-state index in [0.717, 1.165) is 37.5 Å². The largest absolute Gasteiger partial charge is 0.372 e. The molecule has 168 valence electrons. The first-order valence-corrected chi connectivity index (χ1v) is 11.7. The van der Waals surface area contributed by atoms with Gasteiger partial charge >= 0.3 is 0 Å². The maximum Gasteiger partial charge on any atom is 0.125 e. The number of carbonyl (C=O) groups excluding carboxylic acids is 1. The monoisotopic (exact) mass is 424 g/mol. The molecule has 0 unspecified atom stereocenters. The molecule has 4 atom stereocenters. The molecule has 2 aromatic carbocycles. The highest BCUT2D eigenvalue weighted by atomic mass is 16.6. The van der Waals surface area contributed by atoms with Crippen LogP contribution in [0.5, 0.6) is 0 Å². The fraction of sp³-hybridized carbons (Fsp3) is 0.519. The lowest BCUT2D eigenvalue weighted by molar-refractivity contribution is -0.128. The van der Waals surface area contributed by atoms with Gasteiger partial charge < -0.3 is 19.0 Å². The number of benzene rings is 2. The molecule has 0 saturated heterocycles. The quantitative estimate of drug-likeness (QED) is 0.287. The molecular weight excluding hydrogens is 388 g/mol. The number of aldehydes is 1. The fourth-order valence-electron chi connectivity index (χ4n) is 4.14. The van der Waals surface area contributed by atoms with Crippen LogP contribution >= 0.6 is 0 Å². The van der Waals surface area contributed by atoms with Crippen molar-refractivity contribution >= 4 is 6.29 Å². The normalized spacial score (nSPS) is 21.8. The summed E-state index contributed by atoms with van der Waals surface area (Å²) in [5, 5.41) is 0. The number of unbranched alkanes of at least 4 members (excludes halogenated alkanes) is 2. The molecule has 0 aliphatic heterocycles. The average Bonchev–Trinajstić information content (AvgIpc) is 3.22. The Kier molecular flexibility index (Phi) is 10.2. The topological polar surface area (TPSA) is 44.8 Å². The molecule has 0 N–H and O–H groups in total. The molecule has 1 aliphatic carbocycles. The number of hydrogen-bond donors (Lipinski definition) is 0. The number of carbonyl (C=O) groups is 1. The van der Waals surface area contributed by atoms with Crippen molar-refractivity contribution in [3.8, 4) is 0 Å². The molecule has 0 amide bonds. The van der Waals surface area contributed by atoms with Gasteiger partial charge in [0.05, 0.1) is 38.1 Å². The first kappa shape index (κ1) is 23.6. The van der Waals surface area contributed by atoms with Gasteiger partial charge in [-0.3, -0.25) is 0 Å². The van der Waals surface area contributed by atoms with E-state index in [2.05, 4.69) is 31.2 Å². The van der Waals surface area contributed by atoms with Gasteiger partial charge in [0, 0.05) is 5.92 Å². The van der Waals surface area contributed by atoms with Gasteiger partial charge in [-0.1, -0.05) is 86.8 Å². The number of ether oxygens (including phenoxy) is 3. The number of hydrogen-bond acceptors (Lipinski definition) is 4. The van der Waals surface area contributed by atoms with Gasteiger partial charge in [-0.25, -0.2) is 0 Å². The molecule has 1 saturated carbocycles. The molecule has 3 rings (SSSR count). The molecule has 31 heavy (non-hydrogen) atoms. The average molecular weight is 425 g/mol. The Labute approximate surface area is 186 Å². The molecular formula is C27H36O4. The van der Waals surface area contributed by atoms with Crippen LogP contribution in [0.2, 0.25) is 0 Å². The molecule has 0 spiro atoms. The van der Waals surface area contributed by atoms with Crippen molar-refractivity contribution in [2.45, 2.75) is 77.0 Å². The minimum atomic E-state index is -0.199. The van der Waals surface area contributed by atoms with E-state index >= 15 is 0 Å². The van der Waals surface area contributed by atoms with Gasteiger partial charge in [-0.15, -0.1) is 0 Å². The van der Waals surface area contributed by atoms with Crippen molar-refractivity contribution in [3.05, 3.63) is 71.8 Å². The Hall–Kier alpha value is -2.01. The zero-order valence-corrected chi connectivity index (χ0v) is 18.7. The second-order valence-corrected chi connectivity index (χ2v) is 8.42. The molecule has 1 fully saturated rings. The van der Waals surface area contributed by atoms with Crippen molar-refractivity contribution in [2.75, 3.05) is 6.61 Å². The predicted octanol–water partition coefficient (Wildman–Crippen LogP) is 5.73. The summed E-state index contributed by atoms with van der Waals surface area (Å²) in [6, 6.07) is 20.4. The summed E-state index contributed by atoms with van der Waals surface area (Å²) in [4.78, 5) is 11.6. The maximum atomic E-state index is 11.6. The Morgan fingerprint density at radius 1 is 0.903 bits per heavy atom. The molecule has 4 nitrogen and oxygen atoms in total. The zero-order valence-electron chi connectivity index (χ0n) is 18.7. The summed E-state index contributed by atoms with van der Waals surface area (Å²) in [5.74, 6) is -0.105. The summed E-state index contributed by atoms with van der Waals surface area (Å²) in [6.07, 6.45) is 6.93. The van der Waals surface area contributed by atoms with Gasteiger partial charge in [-0.05, 0) is 30.4 Å². The van der Waals surface area contributed by atoms with Crippen molar-refractivity contribution in [3.63, 3.8) is 0 Å². The van der Waals surface area contributed by atoms with Gasteiger partial charge in [0.1, 0.15) is 6.29 Å². The first-order chi connectivity index (χ1) is 15.3. The van der Waals surface area contributed by atoms with E-state index in [1.54, 1.807) is 0 Å². The summed E-state index contributed by atoms with van der Waals surface area (Å²) < 4.78 is 18.7. The smallest absolute Gasteiger partial charge is 0.125 e. The van der Waals surface area contributed by atoms with Crippen LogP contribution in [-0.4, -0.2) is 31.2 Å². The van der Waals surface area contributed by atoms with E-state index in [1.165, 1.54) is 18.4 Å². The lowest BCUT2D eigenvalue weighted by Gasteiger charge is -2.26. The third-order valence-corrected chi connectivity index (χ3v) is 5.99. The van der Waals surface area contributed by atoms with Crippen molar-refractivity contribution < 1.29 is 19.0 Å². The Morgan fingerprint density at radius 2 is 1.58 bits per heavy atom. The van der Waals surface area contributed by atoms with Gasteiger partial charge in [0.25, 0.3) is 0 Å². The van der Waals surface area contributed by atoms with E-state index in [-0.39, 0.29) is 24.2 Å². The highest BCUT2D eigenvalue weighted by molar-refractivity contribution is 5.55. The molecule has 0 radical (unpaired) electrons. The van der Waals surface area contributed by atoms with Gasteiger partial charge in [-0.2, -0.15) is 0 Å². The molecule has 2 aromatic rings. The molecule has 0 bridgehead atoms. The van der Waals surface area contributed by atoms with Crippen molar-refractivity contribution in [1.82, 2.24) is 0 Å². The highest BCUT2D eigenvalue weighted by Gasteiger charge is 2.38. The van der Waals surface area contributed by atoms with Crippen molar-refractivity contribution in [1.29, 1.82) is 0 Å². The Morgan fingerprint density at radius 3 is 2.23 bits per heavy atom. The summed E-state index contributed by atoms with van der Waals surface area (Å²) >= 11 is 0. The predicted molar refractivity (Wildman–Crippen MR) is 123 cm³/mol. The van der Waals surface area contributed by atoms with Crippen LogP contribution in [-0.2, 0) is 32.2 Å². The second-order valence-electron chi connectivity index (χ2n) is 8.42. The minimum Gasteiger partial charge on any atom is -0.372 e. The SMILES string of the molecule is CCCCC[C@@H](CO[C@@H]1[C@@H](C=O)CC[C@H]1OCc1ccccc1)OCc1ccccc1. The number of rotatable bonds is 14. The van der Waals surface area contributed by atoms with E-state index < -0.39 is 0 Å². The van der Waals surface area contributed by atoms with E-state index in [4.69, 9.17) is 14.2 Å². The zero-order chi connectivity index (χ0) is 21.7. The van der Waals surface area contributed by atoms with Crippen LogP contribution in [0.1, 0.15) is 56.6 Å². The Bertz CT molecular complexity index is 733.